The highest BCUT2D eigenvalue weighted by atomic mass is 19.4. The van der Waals surface area contributed by atoms with E-state index in [4.69, 9.17) is 0 Å². The van der Waals surface area contributed by atoms with Crippen molar-refractivity contribution in [2.75, 3.05) is 0 Å². The van der Waals surface area contributed by atoms with E-state index in [-0.39, 0.29) is 12.1 Å². The van der Waals surface area contributed by atoms with Crippen molar-refractivity contribution in [2.24, 2.45) is 0 Å². The molecule has 1 N–H and O–H groups in total. The molecule has 7 heteroatoms. The van der Waals surface area contributed by atoms with Crippen LogP contribution in [0.1, 0.15) is 32.6 Å². The van der Waals surface area contributed by atoms with Crippen LogP contribution >= 0.6 is 0 Å². The molecule has 0 aliphatic rings. The van der Waals surface area contributed by atoms with Gasteiger partial charge in [0.25, 0.3) is 11.5 Å². The van der Waals surface area contributed by atoms with Crippen molar-refractivity contribution in [1.82, 2.24) is 9.88 Å². The molecule has 0 unspecified atom stereocenters. The van der Waals surface area contributed by atoms with E-state index in [0.29, 0.717) is 12.1 Å². The minimum absolute atomic E-state index is 0.0628. The lowest BCUT2D eigenvalue weighted by atomic mass is 10.1. The highest BCUT2D eigenvalue weighted by molar-refractivity contribution is 5.93. The number of pyridine rings is 1. The third kappa shape index (κ3) is 5.13. The van der Waals surface area contributed by atoms with Crippen LogP contribution in [0.25, 0.3) is 0 Å². The molecular weight excluding hydrogens is 381 g/mol. The summed E-state index contributed by atoms with van der Waals surface area (Å²) < 4.78 is 39.8. The summed E-state index contributed by atoms with van der Waals surface area (Å²) in [6.45, 7) is 2.15. The van der Waals surface area contributed by atoms with Crippen molar-refractivity contribution in [3.8, 4) is 0 Å². The van der Waals surface area contributed by atoms with Gasteiger partial charge in [-0.1, -0.05) is 42.0 Å². The SMILES string of the molecule is Cc1cccc(Cn2cccc(C(=O)NCc3cccc(C(F)(F)F)c3)c2=O)c1. The van der Waals surface area contributed by atoms with E-state index in [1.165, 1.54) is 22.8 Å². The molecule has 3 rings (SSSR count). The van der Waals surface area contributed by atoms with Crippen LogP contribution in [0.5, 0.6) is 0 Å². The van der Waals surface area contributed by atoms with E-state index in [1.807, 2.05) is 31.2 Å². The Balaban J connectivity index is 1.74. The second-order valence-electron chi connectivity index (χ2n) is 6.72. The molecule has 3 aromatic rings. The average molecular weight is 400 g/mol. The molecule has 0 atom stereocenters. The quantitative estimate of drug-likeness (QED) is 0.700. The molecule has 0 bridgehead atoms. The van der Waals surface area contributed by atoms with Crippen LogP contribution in [0.15, 0.2) is 71.7 Å². The largest absolute Gasteiger partial charge is 0.416 e. The average Bonchev–Trinajstić information content (AvgIpc) is 2.67. The predicted octanol–water partition coefficient (Wildman–Crippen LogP) is 4.15. The van der Waals surface area contributed by atoms with Crippen LogP contribution in [-0.4, -0.2) is 10.5 Å². The number of halogens is 3. The Hall–Kier alpha value is -3.35. The maximum Gasteiger partial charge on any atom is 0.416 e. The first kappa shape index (κ1) is 20.4. The summed E-state index contributed by atoms with van der Waals surface area (Å²) in [7, 11) is 0. The van der Waals surface area contributed by atoms with Crippen LogP contribution in [0, 0.1) is 6.92 Å². The van der Waals surface area contributed by atoms with Gasteiger partial charge in [0.2, 0.25) is 0 Å². The third-order valence-corrected chi connectivity index (χ3v) is 4.41. The first-order chi connectivity index (χ1) is 13.7. The van der Waals surface area contributed by atoms with Crippen molar-refractivity contribution in [3.05, 3.63) is 105 Å². The van der Waals surface area contributed by atoms with E-state index < -0.39 is 23.2 Å². The number of aryl methyl sites for hydroxylation is 1. The van der Waals surface area contributed by atoms with E-state index in [9.17, 15) is 22.8 Å². The van der Waals surface area contributed by atoms with Crippen LogP contribution in [0.3, 0.4) is 0 Å². The highest BCUT2D eigenvalue weighted by Gasteiger charge is 2.30. The topological polar surface area (TPSA) is 51.1 Å². The molecule has 4 nitrogen and oxygen atoms in total. The number of amides is 1. The lowest BCUT2D eigenvalue weighted by Crippen LogP contribution is -2.32. The molecule has 29 heavy (non-hydrogen) atoms. The number of alkyl halides is 3. The van der Waals surface area contributed by atoms with E-state index in [1.54, 1.807) is 12.3 Å². The fourth-order valence-electron chi connectivity index (χ4n) is 2.98. The molecule has 0 aliphatic heterocycles. The molecule has 0 radical (unpaired) electrons. The lowest BCUT2D eigenvalue weighted by Gasteiger charge is -2.11. The second-order valence-corrected chi connectivity index (χ2v) is 6.72. The van der Waals surface area contributed by atoms with Gasteiger partial charge < -0.3 is 9.88 Å². The lowest BCUT2D eigenvalue weighted by molar-refractivity contribution is -0.137. The molecule has 0 aliphatic carbocycles. The molecule has 0 spiro atoms. The van der Waals surface area contributed by atoms with Gasteiger partial charge in [-0.15, -0.1) is 0 Å². The van der Waals surface area contributed by atoms with E-state index in [0.717, 1.165) is 23.3 Å². The summed E-state index contributed by atoms with van der Waals surface area (Å²) in [5, 5.41) is 2.52. The number of benzene rings is 2. The van der Waals surface area contributed by atoms with Gasteiger partial charge in [0.1, 0.15) is 5.56 Å². The summed E-state index contributed by atoms with van der Waals surface area (Å²) in [6, 6.07) is 15.4. The Bertz CT molecular complexity index is 1090. The monoisotopic (exact) mass is 400 g/mol. The second kappa shape index (κ2) is 8.34. The zero-order chi connectivity index (χ0) is 21.0. The van der Waals surface area contributed by atoms with Gasteiger partial charge in [-0.25, -0.2) is 0 Å². The number of hydrogen-bond donors (Lipinski definition) is 1. The number of aromatic nitrogens is 1. The fourth-order valence-corrected chi connectivity index (χ4v) is 2.98. The molecular formula is C22H19F3N2O2. The summed E-state index contributed by atoms with van der Waals surface area (Å²) in [4.78, 5) is 25.1. The Kier molecular flexibility index (Phi) is 5.87. The molecule has 0 saturated heterocycles. The Labute approximate surface area is 165 Å². The van der Waals surface area contributed by atoms with Gasteiger partial charge in [-0.05, 0) is 42.3 Å². The molecule has 150 valence electrons. The zero-order valence-corrected chi connectivity index (χ0v) is 15.7. The number of hydrogen-bond acceptors (Lipinski definition) is 2. The first-order valence-corrected chi connectivity index (χ1v) is 8.93. The van der Waals surface area contributed by atoms with Crippen LogP contribution < -0.4 is 10.9 Å². The molecule has 1 heterocycles. The van der Waals surface area contributed by atoms with Gasteiger partial charge in [0.05, 0.1) is 12.1 Å². The number of rotatable bonds is 5. The third-order valence-electron chi connectivity index (χ3n) is 4.41. The molecule has 1 amide bonds. The summed E-state index contributed by atoms with van der Waals surface area (Å²) in [6.07, 6.45) is -2.86. The molecule has 0 saturated carbocycles. The minimum atomic E-state index is -4.46. The normalized spacial score (nSPS) is 11.3. The van der Waals surface area contributed by atoms with Crippen molar-refractivity contribution < 1.29 is 18.0 Å². The van der Waals surface area contributed by atoms with Gasteiger partial charge in [-0.2, -0.15) is 13.2 Å². The smallest absolute Gasteiger partial charge is 0.348 e. The van der Waals surface area contributed by atoms with Crippen LogP contribution in [-0.2, 0) is 19.3 Å². The predicted molar refractivity (Wildman–Crippen MR) is 104 cm³/mol. The van der Waals surface area contributed by atoms with Crippen LogP contribution in [0.4, 0.5) is 13.2 Å². The van der Waals surface area contributed by atoms with Gasteiger partial charge in [0, 0.05) is 12.7 Å². The van der Waals surface area contributed by atoms with Crippen molar-refractivity contribution in [3.63, 3.8) is 0 Å². The highest BCUT2D eigenvalue weighted by Crippen LogP contribution is 2.29. The Morgan fingerprint density at radius 1 is 1.00 bits per heavy atom. The molecule has 0 fully saturated rings. The van der Waals surface area contributed by atoms with Crippen molar-refractivity contribution in [2.45, 2.75) is 26.2 Å². The molecule has 2 aromatic carbocycles. The summed E-state index contributed by atoms with van der Waals surface area (Å²) in [5.41, 5.74) is 0.968. The van der Waals surface area contributed by atoms with E-state index >= 15 is 0 Å². The van der Waals surface area contributed by atoms with Crippen molar-refractivity contribution in [1.29, 1.82) is 0 Å². The van der Waals surface area contributed by atoms with Gasteiger partial charge >= 0.3 is 6.18 Å². The maximum atomic E-state index is 12.8. The molecule has 1 aromatic heterocycles. The standard InChI is InChI=1S/C22H19F3N2O2/c1-15-5-2-7-17(11-15)14-27-10-4-9-19(21(27)29)20(28)26-13-16-6-3-8-18(12-16)22(23,24)25/h2-12H,13-14H2,1H3,(H,26,28). The number of carbonyl (C=O) groups excluding carboxylic acids is 1. The first-order valence-electron chi connectivity index (χ1n) is 8.93. The van der Waals surface area contributed by atoms with E-state index in [2.05, 4.69) is 5.32 Å². The van der Waals surface area contributed by atoms with Gasteiger partial charge in [-0.3, -0.25) is 9.59 Å². The summed E-state index contributed by atoms with van der Waals surface area (Å²) in [5.74, 6) is -0.633. The minimum Gasteiger partial charge on any atom is -0.348 e. The number of carbonyl (C=O) groups is 1. The van der Waals surface area contributed by atoms with Crippen LogP contribution in [0.2, 0.25) is 0 Å². The van der Waals surface area contributed by atoms with Crippen molar-refractivity contribution >= 4 is 5.91 Å². The maximum absolute atomic E-state index is 12.8. The summed E-state index contributed by atoms with van der Waals surface area (Å²) >= 11 is 0. The Morgan fingerprint density at radius 3 is 2.45 bits per heavy atom. The number of nitrogens with zero attached hydrogens (tertiary/aromatic N) is 1. The fraction of sp³-hybridized carbons (Fsp3) is 0.182. The zero-order valence-electron chi connectivity index (χ0n) is 15.7. The Morgan fingerprint density at radius 2 is 1.72 bits per heavy atom. The number of nitrogens with one attached hydrogen (secondary N) is 1. The van der Waals surface area contributed by atoms with Gasteiger partial charge in [0.15, 0.2) is 0 Å².